The second kappa shape index (κ2) is 5.46. The van der Waals surface area contributed by atoms with E-state index in [1.54, 1.807) is 11.3 Å². The van der Waals surface area contributed by atoms with Crippen LogP contribution in [0.1, 0.15) is 23.2 Å². The molecule has 3 nitrogen and oxygen atoms in total. The molecule has 2 heterocycles. The third-order valence-electron chi connectivity index (χ3n) is 2.95. The maximum atomic E-state index is 12.2. The van der Waals surface area contributed by atoms with Crippen LogP contribution in [0.15, 0.2) is 11.4 Å². The van der Waals surface area contributed by atoms with Gasteiger partial charge in [0.25, 0.3) is 5.91 Å². The summed E-state index contributed by atoms with van der Waals surface area (Å²) < 4.78 is 1.16. The van der Waals surface area contributed by atoms with Gasteiger partial charge in [-0.1, -0.05) is 0 Å². The summed E-state index contributed by atoms with van der Waals surface area (Å²) >= 11 is 3.87. The number of amides is 1. The van der Waals surface area contributed by atoms with Crippen molar-refractivity contribution in [3.8, 4) is 0 Å². The van der Waals surface area contributed by atoms with Crippen molar-refractivity contribution in [2.24, 2.45) is 0 Å². The number of nitrogens with zero attached hydrogens (tertiary/aromatic N) is 1. The van der Waals surface area contributed by atoms with Gasteiger partial charge < -0.3 is 10.2 Å². The number of thiophene rings is 1. The van der Waals surface area contributed by atoms with E-state index in [1.807, 2.05) is 23.4 Å². The zero-order valence-electron chi connectivity index (χ0n) is 9.20. The van der Waals surface area contributed by atoms with E-state index in [0.29, 0.717) is 6.04 Å². The topological polar surface area (TPSA) is 32.3 Å². The molecule has 1 atom stereocenters. The molecule has 1 unspecified atom stereocenters. The molecule has 1 aromatic heterocycles. The maximum absolute atomic E-state index is 12.2. The summed E-state index contributed by atoms with van der Waals surface area (Å²) in [5, 5.41) is 5.28. The van der Waals surface area contributed by atoms with Crippen molar-refractivity contribution in [3.05, 3.63) is 19.9 Å². The molecule has 16 heavy (non-hydrogen) atoms. The van der Waals surface area contributed by atoms with Crippen LogP contribution >= 0.6 is 33.9 Å². The minimum atomic E-state index is 0.146. The molecule has 1 saturated heterocycles. The van der Waals surface area contributed by atoms with Crippen LogP contribution in [0.25, 0.3) is 0 Å². The fourth-order valence-corrected chi connectivity index (χ4v) is 3.28. The normalized spacial score (nSPS) is 20.8. The summed E-state index contributed by atoms with van der Waals surface area (Å²) in [4.78, 5) is 14.0. The number of likely N-dealkylation sites (N-methyl/N-ethyl adjacent to an activating group) is 1. The van der Waals surface area contributed by atoms with Crippen LogP contribution in [0, 0.1) is 2.88 Å². The van der Waals surface area contributed by atoms with Gasteiger partial charge in [-0.15, -0.1) is 11.3 Å². The van der Waals surface area contributed by atoms with Crippen LogP contribution in [0.2, 0.25) is 0 Å². The quantitative estimate of drug-likeness (QED) is 0.830. The summed E-state index contributed by atoms with van der Waals surface area (Å²) in [7, 11) is 1.91. The molecule has 1 amide bonds. The predicted molar refractivity (Wildman–Crippen MR) is 75.0 cm³/mol. The first-order valence-electron chi connectivity index (χ1n) is 5.40. The Hall–Kier alpha value is -0.140. The molecule has 0 radical (unpaired) electrons. The zero-order chi connectivity index (χ0) is 11.5. The molecule has 1 aromatic rings. The van der Waals surface area contributed by atoms with Gasteiger partial charge in [0, 0.05) is 25.0 Å². The van der Waals surface area contributed by atoms with Crippen LogP contribution in [-0.4, -0.2) is 37.0 Å². The molecule has 1 N–H and O–H groups in total. The SMILES string of the molecule is CN(C(=O)c1csc(I)c1)C1CCCNC1. The number of carbonyl (C=O) groups excluding carboxylic acids is 1. The third kappa shape index (κ3) is 2.75. The lowest BCUT2D eigenvalue weighted by molar-refractivity contribution is 0.0709. The lowest BCUT2D eigenvalue weighted by Gasteiger charge is -2.31. The largest absolute Gasteiger partial charge is 0.337 e. The van der Waals surface area contributed by atoms with E-state index >= 15 is 0 Å². The van der Waals surface area contributed by atoms with Gasteiger partial charge in [0.2, 0.25) is 0 Å². The fraction of sp³-hybridized carbons (Fsp3) is 0.545. The first-order valence-corrected chi connectivity index (χ1v) is 7.36. The summed E-state index contributed by atoms with van der Waals surface area (Å²) in [6, 6.07) is 2.30. The monoisotopic (exact) mass is 350 g/mol. The highest BCUT2D eigenvalue weighted by molar-refractivity contribution is 14.1. The highest BCUT2D eigenvalue weighted by atomic mass is 127. The molecule has 0 aromatic carbocycles. The van der Waals surface area contributed by atoms with Gasteiger partial charge in [-0.2, -0.15) is 0 Å². The van der Waals surface area contributed by atoms with Crippen molar-refractivity contribution >= 4 is 39.8 Å². The van der Waals surface area contributed by atoms with Crippen molar-refractivity contribution in [2.45, 2.75) is 18.9 Å². The van der Waals surface area contributed by atoms with Crippen molar-refractivity contribution in [1.29, 1.82) is 0 Å². The Labute approximate surface area is 113 Å². The summed E-state index contributed by atoms with van der Waals surface area (Å²) in [6.07, 6.45) is 2.26. The van der Waals surface area contributed by atoms with E-state index in [-0.39, 0.29) is 5.91 Å². The van der Waals surface area contributed by atoms with Crippen molar-refractivity contribution < 1.29 is 4.79 Å². The second-order valence-electron chi connectivity index (χ2n) is 4.06. The van der Waals surface area contributed by atoms with Gasteiger partial charge in [0.15, 0.2) is 0 Å². The summed E-state index contributed by atoms with van der Waals surface area (Å²) in [6.45, 7) is 2.00. The highest BCUT2D eigenvalue weighted by Gasteiger charge is 2.23. The molecule has 0 saturated carbocycles. The third-order valence-corrected chi connectivity index (χ3v) is 4.74. The molecule has 0 bridgehead atoms. The zero-order valence-corrected chi connectivity index (χ0v) is 12.2. The number of hydrogen-bond acceptors (Lipinski definition) is 3. The van der Waals surface area contributed by atoms with Crippen LogP contribution in [0.4, 0.5) is 0 Å². The van der Waals surface area contributed by atoms with E-state index in [4.69, 9.17) is 0 Å². The molecule has 0 spiro atoms. The van der Waals surface area contributed by atoms with E-state index in [2.05, 4.69) is 27.9 Å². The average molecular weight is 350 g/mol. The Morgan fingerprint density at radius 2 is 2.50 bits per heavy atom. The van der Waals surface area contributed by atoms with Crippen LogP contribution in [0.5, 0.6) is 0 Å². The van der Waals surface area contributed by atoms with Crippen molar-refractivity contribution in [2.75, 3.05) is 20.1 Å². The van der Waals surface area contributed by atoms with Crippen molar-refractivity contribution in [1.82, 2.24) is 10.2 Å². The lowest BCUT2D eigenvalue weighted by atomic mass is 10.1. The van der Waals surface area contributed by atoms with Gasteiger partial charge in [-0.25, -0.2) is 0 Å². The van der Waals surface area contributed by atoms with E-state index in [9.17, 15) is 4.79 Å². The molecule has 1 aliphatic heterocycles. The number of rotatable bonds is 2. The van der Waals surface area contributed by atoms with Crippen molar-refractivity contribution in [3.63, 3.8) is 0 Å². The minimum absolute atomic E-state index is 0.146. The molecule has 0 aliphatic carbocycles. The molecule has 1 fully saturated rings. The maximum Gasteiger partial charge on any atom is 0.254 e. The predicted octanol–water partition coefficient (Wildman–Crippen LogP) is 2.18. The van der Waals surface area contributed by atoms with Crippen LogP contribution in [0.3, 0.4) is 0 Å². The first kappa shape index (κ1) is 12.3. The molecular formula is C11H15IN2OS. The Balaban J connectivity index is 2.03. The Bertz CT molecular complexity index is 374. The van der Waals surface area contributed by atoms with E-state index in [1.165, 1.54) is 0 Å². The first-order chi connectivity index (χ1) is 7.68. The van der Waals surface area contributed by atoms with Gasteiger partial charge in [0.1, 0.15) is 0 Å². The Morgan fingerprint density at radius 3 is 3.06 bits per heavy atom. The van der Waals surface area contributed by atoms with E-state index in [0.717, 1.165) is 34.4 Å². The number of carbonyl (C=O) groups is 1. The molecular weight excluding hydrogens is 335 g/mol. The van der Waals surface area contributed by atoms with Gasteiger partial charge in [-0.3, -0.25) is 4.79 Å². The Morgan fingerprint density at radius 1 is 1.69 bits per heavy atom. The summed E-state index contributed by atoms with van der Waals surface area (Å²) in [5.41, 5.74) is 0.822. The van der Waals surface area contributed by atoms with Crippen LogP contribution in [-0.2, 0) is 0 Å². The minimum Gasteiger partial charge on any atom is -0.337 e. The number of hydrogen-bond donors (Lipinski definition) is 1. The Kier molecular flexibility index (Phi) is 4.21. The molecule has 5 heteroatoms. The standard InChI is InChI=1S/C11H15IN2OS/c1-14(9-3-2-4-13-6-9)11(15)8-5-10(12)16-7-8/h5,7,9,13H,2-4,6H2,1H3. The smallest absolute Gasteiger partial charge is 0.254 e. The molecule has 2 rings (SSSR count). The van der Waals surface area contributed by atoms with Gasteiger partial charge in [-0.05, 0) is 48.0 Å². The number of halogens is 1. The summed E-state index contributed by atoms with van der Waals surface area (Å²) in [5.74, 6) is 0.146. The average Bonchev–Trinajstić information content (AvgIpc) is 2.75. The number of nitrogens with one attached hydrogen (secondary N) is 1. The highest BCUT2D eigenvalue weighted by Crippen LogP contribution is 2.19. The fourth-order valence-electron chi connectivity index (χ4n) is 1.96. The number of piperidine rings is 1. The lowest BCUT2D eigenvalue weighted by Crippen LogP contribution is -2.46. The van der Waals surface area contributed by atoms with Gasteiger partial charge in [0.05, 0.1) is 8.45 Å². The van der Waals surface area contributed by atoms with E-state index < -0.39 is 0 Å². The molecule has 88 valence electrons. The molecule has 1 aliphatic rings. The second-order valence-corrected chi connectivity index (χ2v) is 6.86. The van der Waals surface area contributed by atoms with Crippen LogP contribution < -0.4 is 5.32 Å². The van der Waals surface area contributed by atoms with Gasteiger partial charge >= 0.3 is 0 Å².